The zero-order valence-corrected chi connectivity index (χ0v) is 16.0. The van der Waals surface area contributed by atoms with E-state index in [0.717, 1.165) is 33.0 Å². The molecule has 0 bridgehead atoms. The monoisotopic (exact) mass is 354 g/mol. The van der Waals surface area contributed by atoms with Crippen LogP contribution in [0, 0.1) is 13.8 Å². The van der Waals surface area contributed by atoms with Crippen molar-refractivity contribution < 1.29 is 9.69 Å². The van der Waals surface area contributed by atoms with Gasteiger partial charge < -0.3 is 4.90 Å². The molecule has 0 atom stereocenters. The van der Waals surface area contributed by atoms with E-state index >= 15 is 0 Å². The molecule has 25 heavy (non-hydrogen) atoms. The van der Waals surface area contributed by atoms with Crippen LogP contribution in [0.3, 0.4) is 0 Å². The van der Waals surface area contributed by atoms with Gasteiger partial charge in [-0.05, 0) is 37.6 Å². The van der Waals surface area contributed by atoms with Crippen LogP contribution in [0.1, 0.15) is 21.5 Å². The van der Waals surface area contributed by atoms with Crippen molar-refractivity contribution in [3.63, 3.8) is 0 Å². The number of carbonyl (C=O) groups is 1. The Kier molecular flexibility index (Phi) is 5.16. The number of quaternary nitrogens is 1. The average molecular weight is 354 g/mol. The number of aryl methyl sites for hydroxylation is 2. The van der Waals surface area contributed by atoms with Gasteiger partial charge in [-0.25, -0.2) is 4.98 Å². The molecule has 2 aromatic carbocycles. The van der Waals surface area contributed by atoms with Gasteiger partial charge in [-0.3, -0.25) is 9.69 Å². The normalized spacial score (nSPS) is 11.2. The molecule has 0 fully saturated rings. The lowest BCUT2D eigenvalue weighted by Gasteiger charge is -2.21. The maximum absolute atomic E-state index is 13.3. The van der Waals surface area contributed by atoms with Crippen LogP contribution in [0.4, 0.5) is 5.13 Å². The highest BCUT2D eigenvalue weighted by molar-refractivity contribution is 7.22. The summed E-state index contributed by atoms with van der Waals surface area (Å²) in [6.45, 7) is 5.55. The zero-order chi connectivity index (χ0) is 18.0. The molecule has 1 heterocycles. The molecule has 130 valence electrons. The van der Waals surface area contributed by atoms with E-state index in [1.807, 2.05) is 55.1 Å². The highest BCUT2D eigenvalue weighted by Gasteiger charge is 2.23. The molecule has 0 radical (unpaired) electrons. The predicted molar refractivity (Wildman–Crippen MR) is 105 cm³/mol. The number of hydrogen-bond acceptors (Lipinski definition) is 3. The van der Waals surface area contributed by atoms with E-state index in [0.29, 0.717) is 6.54 Å². The van der Waals surface area contributed by atoms with Gasteiger partial charge in [0.05, 0.1) is 37.4 Å². The van der Waals surface area contributed by atoms with Gasteiger partial charge in [-0.1, -0.05) is 41.2 Å². The number of benzene rings is 2. The van der Waals surface area contributed by atoms with Gasteiger partial charge in [-0.15, -0.1) is 0 Å². The lowest BCUT2D eigenvalue weighted by Crippen LogP contribution is -3.06. The van der Waals surface area contributed by atoms with Crippen LogP contribution < -0.4 is 9.80 Å². The summed E-state index contributed by atoms with van der Waals surface area (Å²) in [5, 5.41) is 0.771. The van der Waals surface area contributed by atoms with Gasteiger partial charge >= 0.3 is 0 Å². The molecular formula is C20H24N3OS+. The number of nitrogens with one attached hydrogen (secondary N) is 1. The Labute approximate surface area is 152 Å². The first-order chi connectivity index (χ1) is 12.0. The number of likely N-dealkylation sites (N-methyl/N-ethyl adjacent to an activating group) is 1. The van der Waals surface area contributed by atoms with Gasteiger partial charge in [-0.2, -0.15) is 0 Å². The van der Waals surface area contributed by atoms with Gasteiger partial charge in [0, 0.05) is 5.56 Å². The lowest BCUT2D eigenvalue weighted by atomic mass is 10.0. The molecule has 3 aromatic rings. The second-order valence-electron chi connectivity index (χ2n) is 6.70. The Hall–Kier alpha value is -2.24. The molecular weight excluding hydrogens is 330 g/mol. The van der Waals surface area contributed by atoms with Crippen molar-refractivity contribution in [3.05, 3.63) is 59.2 Å². The van der Waals surface area contributed by atoms with Crippen molar-refractivity contribution in [2.24, 2.45) is 0 Å². The molecule has 4 nitrogen and oxygen atoms in total. The fraction of sp³-hybridized carbons (Fsp3) is 0.300. The number of anilines is 1. The number of thiazole rings is 1. The highest BCUT2D eigenvalue weighted by Crippen LogP contribution is 2.29. The summed E-state index contributed by atoms with van der Waals surface area (Å²) in [7, 11) is 4.19. The molecule has 3 rings (SSSR count). The largest absolute Gasteiger partial charge is 0.338 e. The quantitative estimate of drug-likeness (QED) is 0.765. The van der Waals surface area contributed by atoms with Gasteiger partial charge in [0.1, 0.15) is 0 Å². The van der Waals surface area contributed by atoms with Gasteiger partial charge in [0.2, 0.25) is 0 Å². The number of amides is 1. The molecule has 1 aromatic heterocycles. The van der Waals surface area contributed by atoms with Gasteiger partial charge in [0.15, 0.2) is 5.13 Å². The van der Waals surface area contributed by atoms with Crippen molar-refractivity contribution in [1.82, 2.24) is 4.98 Å². The van der Waals surface area contributed by atoms with Crippen molar-refractivity contribution in [2.45, 2.75) is 13.8 Å². The summed E-state index contributed by atoms with van der Waals surface area (Å²) in [5.74, 6) is 0.0257. The SMILES string of the molecule is Cc1ccc(C(=O)N(CC[NH+](C)C)c2nc3ccccc3s2)c(C)c1. The molecule has 0 aliphatic heterocycles. The molecule has 5 heteroatoms. The maximum Gasteiger partial charge on any atom is 0.260 e. The van der Waals surface area contributed by atoms with E-state index in [-0.39, 0.29) is 5.91 Å². The van der Waals surface area contributed by atoms with Crippen molar-refractivity contribution in [3.8, 4) is 0 Å². The molecule has 1 amide bonds. The lowest BCUT2D eigenvalue weighted by molar-refractivity contribution is -0.856. The zero-order valence-electron chi connectivity index (χ0n) is 15.2. The third-order valence-corrected chi connectivity index (χ3v) is 5.27. The van der Waals surface area contributed by atoms with Crippen molar-refractivity contribution >= 4 is 32.6 Å². The second kappa shape index (κ2) is 7.33. The first-order valence-electron chi connectivity index (χ1n) is 8.49. The molecule has 0 unspecified atom stereocenters. The van der Waals surface area contributed by atoms with Crippen LogP contribution in [-0.4, -0.2) is 38.1 Å². The van der Waals surface area contributed by atoms with Crippen LogP contribution in [0.5, 0.6) is 0 Å². The predicted octanol–water partition coefficient (Wildman–Crippen LogP) is 2.70. The van der Waals surface area contributed by atoms with Crippen LogP contribution in [0.25, 0.3) is 10.2 Å². The molecule has 0 saturated carbocycles. The fourth-order valence-corrected chi connectivity index (χ4v) is 3.78. The summed E-state index contributed by atoms with van der Waals surface area (Å²) in [6.07, 6.45) is 0. The Morgan fingerprint density at radius 1 is 1.16 bits per heavy atom. The van der Waals surface area contributed by atoms with Crippen LogP contribution >= 0.6 is 11.3 Å². The van der Waals surface area contributed by atoms with Crippen LogP contribution in [0.15, 0.2) is 42.5 Å². The van der Waals surface area contributed by atoms with E-state index < -0.39 is 0 Å². The second-order valence-corrected chi connectivity index (χ2v) is 7.71. The van der Waals surface area contributed by atoms with E-state index in [1.165, 1.54) is 10.5 Å². The number of para-hydroxylation sites is 1. The topological polar surface area (TPSA) is 37.6 Å². The van der Waals surface area contributed by atoms with E-state index in [9.17, 15) is 4.79 Å². The van der Waals surface area contributed by atoms with Crippen molar-refractivity contribution in [2.75, 3.05) is 32.1 Å². The first kappa shape index (κ1) is 17.6. The van der Waals surface area contributed by atoms with E-state index in [4.69, 9.17) is 4.98 Å². The Bertz CT molecular complexity index is 868. The third kappa shape index (κ3) is 3.89. The smallest absolute Gasteiger partial charge is 0.260 e. The summed E-state index contributed by atoms with van der Waals surface area (Å²) >= 11 is 1.57. The van der Waals surface area contributed by atoms with Crippen LogP contribution in [0.2, 0.25) is 0 Å². The molecule has 1 N–H and O–H groups in total. The minimum absolute atomic E-state index is 0.0257. The number of nitrogens with zero attached hydrogens (tertiary/aromatic N) is 2. The Balaban J connectivity index is 2.00. The minimum Gasteiger partial charge on any atom is -0.338 e. The van der Waals surface area contributed by atoms with Crippen LogP contribution in [-0.2, 0) is 0 Å². The number of carbonyl (C=O) groups excluding carboxylic acids is 1. The highest BCUT2D eigenvalue weighted by atomic mass is 32.1. The number of fused-ring (bicyclic) bond motifs is 1. The van der Waals surface area contributed by atoms with Crippen molar-refractivity contribution in [1.29, 1.82) is 0 Å². The summed E-state index contributed by atoms with van der Waals surface area (Å²) in [5.41, 5.74) is 3.86. The van der Waals surface area contributed by atoms with E-state index in [2.05, 4.69) is 20.2 Å². The van der Waals surface area contributed by atoms with E-state index in [1.54, 1.807) is 11.3 Å². The Morgan fingerprint density at radius 2 is 1.92 bits per heavy atom. The summed E-state index contributed by atoms with van der Waals surface area (Å²) < 4.78 is 1.10. The summed E-state index contributed by atoms with van der Waals surface area (Å²) in [6, 6.07) is 14.0. The fourth-order valence-electron chi connectivity index (χ4n) is 2.79. The maximum atomic E-state index is 13.3. The third-order valence-electron chi connectivity index (χ3n) is 4.21. The molecule has 0 aliphatic rings. The van der Waals surface area contributed by atoms with Gasteiger partial charge in [0.25, 0.3) is 5.91 Å². The molecule has 0 aliphatic carbocycles. The first-order valence-corrected chi connectivity index (χ1v) is 9.31. The number of hydrogen-bond donors (Lipinski definition) is 1. The minimum atomic E-state index is 0.0257. The Morgan fingerprint density at radius 3 is 2.60 bits per heavy atom. The average Bonchev–Trinajstić information content (AvgIpc) is 2.98. The molecule has 0 saturated heterocycles. The number of rotatable bonds is 5. The summed E-state index contributed by atoms with van der Waals surface area (Å²) in [4.78, 5) is 21.1. The standard InChI is InChI=1S/C20H23N3OS/c1-14-9-10-16(15(2)13-14)19(24)23(12-11-22(3)4)20-21-17-7-5-6-8-18(17)25-20/h5-10,13H,11-12H2,1-4H3/p+1. The number of aromatic nitrogens is 1. The molecule has 0 spiro atoms.